The van der Waals surface area contributed by atoms with E-state index in [4.69, 9.17) is 15.2 Å². The number of rotatable bonds is 3. The summed E-state index contributed by atoms with van der Waals surface area (Å²) < 4.78 is 10.4. The first-order valence-electron chi connectivity index (χ1n) is 6.00. The molecule has 0 amide bonds. The lowest BCUT2D eigenvalue weighted by Gasteiger charge is -2.21. The molecule has 1 aromatic rings. The minimum Gasteiger partial charge on any atom is -0.507 e. The van der Waals surface area contributed by atoms with Crippen molar-refractivity contribution in [3.8, 4) is 5.75 Å². The SMILES string of the molecule is Nc1ccc(O)c(C(=O)OCC2CCOCC2)c1. The zero-order valence-electron chi connectivity index (χ0n) is 10.1. The lowest BCUT2D eigenvalue weighted by molar-refractivity contribution is 0.0184. The molecule has 0 atom stereocenters. The number of benzene rings is 1. The highest BCUT2D eigenvalue weighted by atomic mass is 16.5. The van der Waals surface area contributed by atoms with Crippen LogP contribution in [0.3, 0.4) is 0 Å². The van der Waals surface area contributed by atoms with Crippen LogP contribution in [0.4, 0.5) is 5.69 Å². The second-order valence-corrected chi connectivity index (χ2v) is 4.43. The molecule has 5 heteroatoms. The third kappa shape index (κ3) is 3.13. The van der Waals surface area contributed by atoms with Gasteiger partial charge in [-0.1, -0.05) is 0 Å². The number of ether oxygens (including phenoxy) is 2. The summed E-state index contributed by atoms with van der Waals surface area (Å²) in [6.45, 7) is 1.79. The summed E-state index contributed by atoms with van der Waals surface area (Å²) in [5, 5.41) is 9.57. The van der Waals surface area contributed by atoms with E-state index in [0.29, 0.717) is 31.4 Å². The number of hydrogen-bond donors (Lipinski definition) is 2. The quantitative estimate of drug-likeness (QED) is 0.484. The number of esters is 1. The Kier molecular flexibility index (Phi) is 4.04. The molecule has 5 nitrogen and oxygen atoms in total. The number of phenols is 1. The molecule has 0 spiro atoms. The zero-order valence-corrected chi connectivity index (χ0v) is 10.1. The van der Waals surface area contributed by atoms with E-state index in [2.05, 4.69) is 0 Å². The van der Waals surface area contributed by atoms with Crippen molar-refractivity contribution in [2.24, 2.45) is 5.92 Å². The van der Waals surface area contributed by atoms with E-state index >= 15 is 0 Å². The molecule has 0 radical (unpaired) electrons. The van der Waals surface area contributed by atoms with Crippen molar-refractivity contribution in [3.05, 3.63) is 23.8 Å². The highest BCUT2D eigenvalue weighted by molar-refractivity contribution is 5.93. The molecule has 2 rings (SSSR count). The number of anilines is 1. The molecule has 0 bridgehead atoms. The Hall–Kier alpha value is -1.75. The molecule has 1 fully saturated rings. The van der Waals surface area contributed by atoms with Crippen LogP contribution in [0.25, 0.3) is 0 Å². The van der Waals surface area contributed by atoms with Crippen LogP contribution in [0.5, 0.6) is 5.75 Å². The van der Waals surface area contributed by atoms with E-state index in [1.54, 1.807) is 0 Å². The fraction of sp³-hybridized carbons (Fsp3) is 0.462. The van der Waals surface area contributed by atoms with E-state index in [-0.39, 0.29) is 11.3 Å². The van der Waals surface area contributed by atoms with Crippen LogP contribution >= 0.6 is 0 Å². The van der Waals surface area contributed by atoms with Crippen molar-refractivity contribution >= 4 is 11.7 Å². The smallest absolute Gasteiger partial charge is 0.341 e. The van der Waals surface area contributed by atoms with Gasteiger partial charge in [-0.2, -0.15) is 0 Å². The fourth-order valence-corrected chi connectivity index (χ4v) is 1.90. The van der Waals surface area contributed by atoms with Crippen molar-refractivity contribution in [3.63, 3.8) is 0 Å². The van der Waals surface area contributed by atoms with E-state index in [0.717, 1.165) is 12.8 Å². The van der Waals surface area contributed by atoms with Crippen LogP contribution in [-0.4, -0.2) is 30.9 Å². The molecule has 3 N–H and O–H groups in total. The van der Waals surface area contributed by atoms with Crippen molar-refractivity contribution in [2.45, 2.75) is 12.8 Å². The van der Waals surface area contributed by atoms with Crippen LogP contribution in [0.1, 0.15) is 23.2 Å². The Balaban J connectivity index is 1.92. The second-order valence-electron chi connectivity index (χ2n) is 4.43. The molecular weight excluding hydrogens is 234 g/mol. The van der Waals surface area contributed by atoms with Crippen molar-refractivity contribution in [1.29, 1.82) is 0 Å². The molecule has 0 saturated carbocycles. The second kappa shape index (κ2) is 5.73. The summed E-state index contributed by atoms with van der Waals surface area (Å²) in [7, 11) is 0. The van der Waals surface area contributed by atoms with Gasteiger partial charge in [0.05, 0.1) is 6.61 Å². The van der Waals surface area contributed by atoms with Crippen molar-refractivity contribution in [1.82, 2.24) is 0 Å². The van der Waals surface area contributed by atoms with Gasteiger partial charge in [-0.25, -0.2) is 4.79 Å². The van der Waals surface area contributed by atoms with Crippen LogP contribution in [0.15, 0.2) is 18.2 Å². The summed E-state index contributed by atoms with van der Waals surface area (Å²) in [5.74, 6) is -0.307. The van der Waals surface area contributed by atoms with E-state index in [1.165, 1.54) is 18.2 Å². The van der Waals surface area contributed by atoms with E-state index < -0.39 is 5.97 Å². The number of nitrogen functional groups attached to an aromatic ring is 1. The maximum atomic E-state index is 11.8. The summed E-state index contributed by atoms with van der Waals surface area (Å²) >= 11 is 0. The van der Waals surface area contributed by atoms with Crippen LogP contribution in [-0.2, 0) is 9.47 Å². The first-order chi connectivity index (χ1) is 8.66. The Labute approximate surface area is 106 Å². The van der Waals surface area contributed by atoms with Crippen LogP contribution < -0.4 is 5.73 Å². The van der Waals surface area contributed by atoms with E-state index in [1.807, 2.05) is 0 Å². The minimum absolute atomic E-state index is 0.110. The maximum Gasteiger partial charge on any atom is 0.341 e. The highest BCUT2D eigenvalue weighted by Gasteiger charge is 2.18. The third-order valence-electron chi connectivity index (χ3n) is 3.03. The predicted octanol–water partition coefficient (Wildman–Crippen LogP) is 1.56. The standard InChI is InChI=1S/C13H17NO4/c14-10-1-2-12(15)11(7-10)13(16)18-8-9-3-5-17-6-4-9/h1-2,7,9,15H,3-6,8,14H2. The molecule has 0 aliphatic carbocycles. The van der Waals surface area contributed by atoms with Gasteiger partial charge in [0.15, 0.2) is 0 Å². The fourth-order valence-electron chi connectivity index (χ4n) is 1.90. The average molecular weight is 251 g/mol. The van der Waals surface area contributed by atoms with Crippen molar-refractivity contribution in [2.75, 3.05) is 25.6 Å². The number of carbonyl (C=O) groups is 1. The first-order valence-corrected chi connectivity index (χ1v) is 6.00. The normalized spacial score (nSPS) is 16.4. The molecule has 0 unspecified atom stereocenters. The molecule has 98 valence electrons. The Morgan fingerprint density at radius 3 is 2.89 bits per heavy atom. The van der Waals surface area contributed by atoms with Crippen LogP contribution in [0.2, 0.25) is 0 Å². The Morgan fingerprint density at radius 1 is 1.44 bits per heavy atom. The third-order valence-corrected chi connectivity index (χ3v) is 3.03. The van der Waals surface area contributed by atoms with Gasteiger partial charge in [-0.15, -0.1) is 0 Å². The highest BCUT2D eigenvalue weighted by Crippen LogP contribution is 2.22. The van der Waals surface area contributed by atoms with Gasteiger partial charge in [0.1, 0.15) is 11.3 Å². The number of hydrogen-bond acceptors (Lipinski definition) is 5. The molecule has 1 aliphatic heterocycles. The summed E-state index contributed by atoms with van der Waals surface area (Å²) in [6, 6.07) is 4.34. The molecule has 18 heavy (non-hydrogen) atoms. The maximum absolute atomic E-state index is 11.8. The molecule has 1 saturated heterocycles. The zero-order chi connectivity index (χ0) is 13.0. The summed E-state index contributed by atoms with van der Waals surface area (Å²) in [5.41, 5.74) is 6.10. The molecule has 1 heterocycles. The van der Waals surface area contributed by atoms with Gasteiger partial charge >= 0.3 is 5.97 Å². The largest absolute Gasteiger partial charge is 0.507 e. The van der Waals surface area contributed by atoms with Gasteiger partial charge in [0.2, 0.25) is 0 Å². The number of phenolic OH excluding ortho intramolecular Hbond substituents is 1. The first kappa shape index (κ1) is 12.7. The number of carbonyl (C=O) groups excluding carboxylic acids is 1. The Bertz CT molecular complexity index is 427. The topological polar surface area (TPSA) is 81.8 Å². The summed E-state index contributed by atoms with van der Waals surface area (Å²) in [6.07, 6.45) is 1.80. The van der Waals surface area contributed by atoms with Gasteiger partial charge in [-0.05, 0) is 37.0 Å². The van der Waals surface area contributed by atoms with Gasteiger partial charge in [-0.3, -0.25) is 0 Å². The lowest BCUT2D eigenvalue weighted by atomic mass is 10.0. The average Bonchev–Trinajstić information content (AvgIpc) is 2.40. The molecular formula is C13H17NO4. The minimum atomic E-state index is -0.536. The molecule has 1 aromatic carbocycles. The van der Waals surface area contributed by atoms with Gasteiger partial charge < -0.3 is 20.3 Å². The van der Waals surface area contributed by atoms with Crippen LogP contribution in [0, 0.1) is 5.92 Å². The summed E-state index contributed by atoms with van der Waals surface area (Å²) in [4.78, 5) is 11.8. The lowest BCUT2D eigenvalue weighted by Crippen LogP contribution is -2.22. The Morgan fingerprint density at radius 2 is 2.17 bits per heavy atom. The number of aromatic hydroxyl groups is 1. The molecule has 0 aromatic heterocycles. The molecule has 1 aliphatic rings. The van der Waals surface area contributed by atoms with E-state index in [9.17, 15) is 9.90 Å². The van der Waals surface area contributed by atoms with Crippen molar-refractivity contribution < 1.29 is 19.4 Å². The number of nitrogens with two attached hydrogens (primary N) is 1. The predicted molar refractivity (Wildman–Crippen MR) is 66.3 cm³/mol. The van der Waals surface area contributed by atoms with Gasteiger partial charge in [0.25, 0.3) is 0 Å². The monoisotopic (exact) mass is 251 g/mol. The van der Waals surface area contributed by atoms with Gasteiger partial charge in [0, 0.05) is 18.9 Å².